The molecule has 0 heterocycles. The molecule has 0 radical (unpaired) electrons. The third-order valence-electron chi connectivity index (χ3n) is 1.18. The van der Waals surface area contributed by atoms with E-state index in [0.717, 1.165) is 11.8 Å². The highest BCUT2D eigenvalue weighted by Gasteiger charge is 2.18. The van der Waals surface area contributed by atoms with Gasteiger partial charge in [0.05, 0.1) is 13.2 Å². The van der Waals surface area contributed by atoms with Crippen LogP contribution in [-0.2, 0) is 13.6 Å². The average Bonchev–Trinajstić information content (AvgIpc) is 2.05. The van der Waals surface area contributed by atoms with E-state index in [0.29, 0.717) is 13.2 Å². The molecule has 0 aliphatic carbocycles. The number of rotatable bonds is 7. The summed E-state index contributed by atoms with van der Waals surface area (Å²) in [6.45, 7) is 4.39. The summed E-state index contributed by atoms with van der Waals surface area (Å²) < 4.78 is 21.8. The van der Waals surface area contributed by atoms with Crippen molar-refractivity contribution in [1.82, 2.24) is 0 Å². The van der Waals surface area contributed by atoms with Gasteiger partial charge in [-0.2, -0.15) is 0 Å². The van der Waals surface area contributed by atoms with E-state index in [4.69, 9.17) is 9.05 Å². The molecule has 0 N–H and O–H groups in total. The zero-order chi connectivity index (χ0) is 10.2. The second kappa shape index (κ2) is 7.74. The van der Waals surface area contributed by atoms with Gasteiger partial charge in [0.15, 0.2) is 0 Å². The molecule has 0 unspecified atom stereocenters. The van der Waals surface area contributed by atoms with Crippen molar-refractivity contribution in [3.63, 3.8) is 0 Å². The SMILES string of the molecule is CCOP(=O)(C=CCCBr)OCC. The summed E-state index contributed by atoms with van der Waals surface area (Å²) in [6.07, 6.45) is 2.63. The second-order valence-electron chi connectivity index (χ2n) is 2.24. The topological polar surface area (TPSA) is 35.5 Å². The number of alkyl halides is 1. The van der Waals surface area contributed by atoms with Crippen LogP contribution in [0.5, 0.6) is 0 Å². The van der Waals surface area contributed by atoms with Crippen LogP contribution in [-0.4, -0.2) is 18.5 Å². The third kappa shape index (κ3) is 6.44. The van der Waals surface area contributed by atoms with E-state index in [1.807, 2.05) is 0 Å². The van der Waals surface area contributed by atoms with Crippen molar-refractivity contribution in [2.24, 2.45) is 0 Å². The fourth-order valence-electron chi connectivity index (χ4n) is 0.750. The molecule has 0 aliphatic heterocycles. The van der Waals surface area contributed by atoms with Gasteiger partial charge >= 0.3 is 7.60 Å². The maximum absolute atomic E-state index is 11.7. The molecule has 0 rings (SSSR count). The summed E-state index contributed by atoms with van der Waals surface area (Å²) in [4.78, 5) is 0. The first-order valence-corrected chi connectivity index (χ1v) is 7.04. The Morgan fingerprint density at radius 3 is 2.23 bits per heavy atom. The standard InChI is InChI=1S/C8H16BrO3P/c1-3-11-13(10,12-4-2)8-6-5-7-9/h6,8H,3-5,7H2,1-2H3. The summed E-state index contributed by atoms with van der Waals surface area (Å²) in [7, 11) is -2.95. The third-order valence-corrected chi connectivity index (χ3v) is 3.45. The molecular weight excluding hydrogens is 255 g/mol. The van der Waals surface area contributed by atoms with Gasteiger partial charge in [-0.25, -0.2) is 0 Å². The van der Waals surface area contributed by atoms with Crippen molar-refractivity contribution in [3.05, 3.63) is 11.9 Å². The molecule has 0 bridgehead atoms. The molecule has 0 aromatic heterocycles. The van der Waals surface area contributed by atoms with Crippen LogP contribution in [0.2, 0.25) is 0 Å². The highest BCUT2D eigenvalue weighted by molar-refractivity contribution is 9.09. The number of hydrogen-bond donors (Lipinski definition) is 0. The number of allylic oxidation sites excluding steroid dienone is 1. The zero-order valence-electron chi connectivity index (χ0n) is 8.03. The van der Waals surface area contributed by atoms with E-state index < -0.39 is 7.60 Å². The van der Waals surface area contributed by atoms with E-state index in [1.54, 1.807) is 19.9 Å². The summed E-state index contributed by atoms with van der Waals surface area (Å²) in [5.74, 6) is 1.53. The first kappa shape index (κ1) is 13.4. The molecule has 3 nitrogen and oxygen atoms in total. The van der Waals surface area contributed by atoms with E-state index in [1.165, 1.54) is 5.82 Å². The minimum Gasteiger partial charge on any atom is -0.306 e. The van der Waals surface area contributed by atoms with Crippen LogP contribution in [0.1, 0.15) is 20.3 Å². The van der Waals surface area contributed by atoms with Crippen molar-refractivity contribution in [2.45, 2.75) is 20.3 Å². The fourth-order valence-corrected chi connectivity index (χ4v) is 2.39. The number of halogens is 1. The van der Waals surface area contributed by atoms with Crippen molar-refractivity contribution in [3.8, 4) is 0 Å². The Balaban J connectivity index is 4.14. The minimum absolute atomic E-state index is 0.399. The highest BCUT2D eigenvalue weighted by atomic mass is 79.9. The zero-order valence-corrected chi connectivity index (χ0v) is 10.5. The Morgan fingerprint density at radius 1 is 1.31 bits per heavy atom. The maximum atomic E-state index is 11.7. The van der Waals surface area contributed by atoms with E-state index >= 15 is 0 Å². The first-order valence-electron chi connectivity index (χ1n) is 4.31. The first-order chi connectivity index (χ1) is 6.18. The molecular formula is C8H16BrO3P. The lowest BCUT2D eigenvalue weighted by atomic mass is 10.5. The molecule has 0 fully saturated rings. The second-order valence-corrected chi connectivity index (χ2v) is 4.93. The van der Waals surface area contributed by atoms with Crippen LogP contribution in [0, 0.1) is 0 Å². The maximum Gasteiger partial charge on any atom is 0.353 e. The van der Waals surface area contributed by atoms with Crippen LogP contribution < -0.4 is 0 Å². The summed E-state index contributed by atoms with van der Waals surface area (Å²) in [5.41, 5.74) is 0. The van der Waals surface area contributed by atoms with Gasteiger partial charge in [0.1, 0.15) is 0 Å². The van der Waals surface area contributed by atoms with Crippen LogP contribution >= 0.6 is 23.5 Å². The fraction of sp³-hybridized carbons (Fsp3) is 0.750. The Morgan fingerprint density at radius 2 is 1.85 bits per heavy atom. The van der Waals surface area contributed by atoms with Crippen LogP contribution in [0.3, 0.4) is 0 Å². The molecule has 0 saturated carbocycles. The lowest BCUT2D eigenvalue weighted by Crippen LogP contribution is -1.92. The predicted molar refractivity (Wildman–Crippen MR) is 58.4 cm³/mol. The van der Waals surface area contributed by atoms with Crippen molar-refractivity contribution >= 4 is 23.5 Å². The molecule has 13 heavy (non-hydrogen) atoms. The van der Waals surface area contributed by atoms with Gasteiger partial charge in [-0.15, -0.1) is 0 Å². The quantitative estimate of drug-likeness (QED) is 0.524. The van der Waals surface area contributed by atoms with Gasteiger partial charge < -0.3 is 9.05 Å². The normalized spacial score (nSPS) is 12.5. The van der Waals surface area contributed by atoms with Gasteiger partial charge in [0.2, 0.25) is 0 Å². The Hall–Kier alpha value is 0.370. The Kier molecular flexibility index (Phi) is 7.96. The molecule has 0 spiro atoms. The predicted octanol–water partition coefficient (Wildman–Crippen LogP) is 3.55. The molecule has 0 atom stereocenters. The van der Waals surface area contributed by atoms with Gasteiger partial charge in [-0.1, -0.05) is 22.0 Å². The molecule has 0 saturated heterocycles. The summed E-state index contributed by atoms with van der Waals surface area (Å²) in [5, 5.41) is 0.849. The van der Waals surface area contributed by atoms with Crippen molar-refractivity contribution in [1.29, 1.82) is 0 Å². The van der Waals surface area contributed by atoms with Gasteiger partial charge in [0.25, 0.3) is 0 Å². The largest absolute Gasteiger partial charge is 0.353 e. The molecule has 78 valence electrons. The monoisotopic (exact) mass is 270 g/mol. The van der Waals surface area contributed by atoms with E-state index in [2.05, 4.69) is 15.9 Å². The van der Waals surface area contributed by atoms with E-state index in [-0.39, 0.29) is 0 Å². The van der Waals surface area contributed by atoms with Crippen LogP contribution in [0.4, 0.5) is 0 Å². The Labute approximate surface area is 88.2 Å². The van der Waals surface area contributed by atoms with Gasteiger partial charge in [0, 0.05) is 11.1 Å². The molecule has 0 amide bonds. The molecule has 0 aromatic rings. The van der Waals surface area contributed by atoms with Crippen molar-refractivity contribution in [2.75, 3.05) is 18.5 Å². The van der Waals surface area contributed by atoms with Gasteiger partial charge in [-0.3, -0.25) is 4.57 Å². The minimum atomic E-state index is -2.95. The lowest BCUT2D eigenvalue weighted by Gasteiger charge is -2.12. The molecule has 0 aromatic carbocycles. The molecule has 5 heteroatoms. The van der Waals surface area contributed by atoms with Crippen molar-refractivity contribution < 1.29 is 13.6 Å². The summed E-state index contributed by atoms with van der Waals surface area (Å²) in [6, 6.07) is 0. The molecule has 0 aliphatic rings. The highest BCUT2D eigenvalue weighted by Crippen LogP contribution is 2.49. The number of hydrogen-bond acceptors (Lipinski definition) is 3. The smallest absolute Gasteiger partial charge is 0.306 e. The van der Waals surface area contributed by atoms with Crippen LogP contribution in [0.15, 0.2) is 11.9 Å². The Bertz CT molecular complexity index is 184. The van der Waals surface area contributed by atoms with Crippen LogP contribution in [0.25, 0.3) is 0 Å². The lowest BCUT2D eigenvalue weighted by molar-refractivity contribution is 0.229. The van der Waals surface area contributed by atoms with Gasteiger partial charge in [-0.05, 0) is 20.3 Å². The summed E-state index contributed by atoms with van der Waals surface area (Å²) >= 11 is 3.27. The van der Waals surface area contributed by atoms with E-state index in [9.17, 15) is 4.57 Å². The average molecular weight is 271 g/mol.